The van der Waals surface area contributed by atoms with Gasteiger partial charge >= 0.3 is 7.82 Å². The Morgan fingerprint density at radius 2 is 1.88 bits per heavy atom. The molecule has 19 nitrogen and oxygen atoms in total. The number of hydrogen-bond donors (Lipinski definition) is 5. The Morgan fingerprint density at radius 3 is 2.68 bits per heavy atom. The zero-order chi connectivity index (χ0) is 28.9. The third-order valence-corrected chi connectivity index (χ3v) is 7.81. The molecule has 0 aliphatic carbocycles. The van der Waals surface area contributed by atoms with Gasteiger partial charge in [-0.3, -0.25) is 28.0 Å². The Labute approximate surface area is 230 Å². The molecule has 6 rings (SSSR count). The van der Waals surface area contributed by atoms with E-state index < -0.39 is 50.3 Å². The molecule has 220 valence electrons. The molecule has 20 heteroatoms. The van der Waals surface area contributed by atoms with Crippen molar-refractivity contribution in [3.05, 3.63) is 29.3 Å². The van der Waals surface area contributed by atoms with E-state index in [4.69, 9.17) is 34.7 Å². The molecule has 0 radical (unpaired) electrons. The minimum absolute atomic E-state index is 0.0215. The van der Waals surface area contributed by atoms with Crippen LogP contribution in [0.15, 0.2) is 23.8 Å². The van der Waals surface area contributed by atoms with Crippen LogP contribution in [-0.2, 0) is 27.8 Å². The van der Waals surface area contributed by atoms with Gasteiger partial charge in [0.15, 0.2) is 28.9 Å². The van der Waals surface area contributed by atoms with E-state index in [-0.39, 0.29) is 36.1 Å². The number of methoxy groups -OCH3 is 1. The van der Waals surface area contributed by atoms with Gasteiger partial charge in [-0.25, -0.2) is 24.5 Å². The van der Waals surface area contributed by atoms with E-state index in [1.54, 1.807) is 4.57 Å². The maximum absolute atomic E-state index is 13.0. The number of nitrogens with zero attached hydrogens (tertiary/aromatic N) is 7. The first-order chi connectivity index (χ1) is 19.6. The van der Waals surface area contributed by atoms with Gasteiger partial charge in [0.05, 0.1) is 32.0 Å². The summed E-state index contributed by atoms with van der Waals surface area (Å²) in [6, 6.07) is 0. The van der Waals surface area contributed by atoms with Crippen LogP contribution in [-0.4, -0.2) is 93.8 Å². The van der Waals surface area contributed by atoms with Gasteiger partial charge in [0, 0.05) is 7.11 Å². The Balaban J connectivity index is 1.16. The molecule has 2 aliphatic rings. The standard InChI is InChI=1S/C21H27N10O9P/c1-36-5-10-14(32)15(20(39-10)31-8-27-13-18(31)28-21(23)29-19(13)33)40-41(34,35)37-4-9-2-3-11(38-9)30-7-26-12-16(22)24-6-25-17(12)30/h6-11,14-15,20,32H,2-5H2,1H3,(H,34,35)(H2,22,24,25)(H3,23,28,29,33)/t9-,10+,11+,14-,15+,20+/m0/s1. The van der Waals surface area contributed by atoms with Gasteiger partial charge in [0.25, 0.3) is 5.56 Å². The third kappa shape index (κ3) is 5.17. The largest absolute Gasteiger partial charge is 0.472 e. The molecule has 7 atom stereocenters. The van der Waals surface area contributed by atoms with Gasteiger partial charge in [-0.1, -0.05) is 0 Å². The smallest absolute Gasteiger partial charge is 0.387 e. The summed E-state index contributed by atoms with van der Waals surface area (Å²) in [6.45, 7) is -0.348. The number of fused-ring (bicyclic) bond motifs is 2. The summed E-state index contributed by atoms with van der Waals surface area (Å²) < 4.78 is 43.7. The lowest BCUT2D eigenvalue weighted by molar-refractivity contribution is -0.0596. The number of phosphoric acid groups is 1. The zero-order valence-electron chi connectivity index (χ0n) is 21.5. The minimum atomic E-state index is -4.78. The Hall–Kier alpha value is -3.55. The van der Waals surface area contributed by atoms with E-state index in [1.807, 2.05) is 0 Å². The van der Waals surface area contributed by atoms with Crippen molar-refractivity contribution in [2.75, 3.05) is 31.8 Å². The molecule has 2 aliphatic heterocycles. The van der Waals surface area contributed by atoms with Crippen LogP contribution in [0.3, 0.4) is 0 Å². The number of aliphatic hydroxyl groups is 1. The van der Waals surface area contributed by atoms with Crippen molar-refractivity contribution in [2.45, 2.75) is 49.7 Å². The summed E-state index contributed by atoms with van der Waals surface area (Å²) in [5, 5.41) is 10.9. The highest BCUT2D eigenvalue weighted by atomic mass is 31.2. The second-order valence-corrected chi connectivity index (χ2v) is 10.9. The maximum atomic E-state index is 13.0. The highest BCUT2D eigenvalue weighted by molar-refractivity contribution is 7.47. The predicted octanol–water partition coefficient (Wildman–Crippen LogP) is -0.792. The van der Waals surface area contributed by atoms with Crippen LogP contribution in [0.2, 0.25) is 0 Å². The molecule has 4 aromatic heterocycles. The molecule has 41 heavy (non-hydrogen) atoms. The number of aromatic amines is 1. The summed E-state index contributed by atoms with van der Waals surface area (Å²) in [7, 11) is -3.39. The molecular formula is C21H27N10O9P. The first-order valence-electron chi connectivity index (χ1n) is 12.4. The van der Waals surface area contributed by atoms with Crippen molar-refractivity contribution in [1.82, 2.24) is 39.0 Å². The number of anilines is 2. The molecule has 0 aromatic carbocycles. The lowest BCUT2D eigenvalue weighted by Crippen LogP contribution is -2.35. The molecule has 4 aromatic rings. The summed E-state index contributed by atoms with van der Waals surface area (Å²) in [5.41, 5.74) is 11.8. The summed E-state index contributed by atoms with van der Waals surface area (Å²) in [6.07, 6.45) is -0.907. The van der Waals surface area contributed by atoms with Crippen LogP contribution >= 0.6 is 7.82 Å². The number of aliphatic hydroxyl groups excluding tert-OH is 1. The predicted molar refractivity (Wildman–Crippen MR) is 138 cm³/mol. The average Bonchev–Trinajstić information content (AvgIpc) is 3.71. The lowest BCUT2D eigenvalue weighted by Gasteiger charge is -2.24. The number of aromatic nitrogens is 8. The molecule has 6 heterocycles. The van der Waals surface area contributed by atoms with Crippen molar-refractivity contribution in [2.24, 2.45) is 0 Å². The topological polar surface area (TPSA) is 263 Å². The number of nitrogens with two attached hydrogens (primary N) is 2. The number of nitrogen functional groups attached to an aromatic ring is 2. The van der Waals surface area contributed by atoms with E-state index in [2.05, 4.69) is 29.9 Å². The number of phosphoric ester groups is 1. The second-order valence-electron chi connectivity index (χ2n) is 9.49. The molecular weight excluding hydrogens is 567 g/mol. The number of H-pyrrole nitrogens is 1. The zero-order valence-corrected chi connectivity index (χ0v) is 22.4. The van der Waals surface area contributed by atoms with Crippen molar-refractivity contribution in [1.29, 1.82) is 0 Å². The number of nitrogens with one attached hydrogen (secondary N) is 1. The maximum Gasteiger partial charge on any atom is 0.472 e. The molecule has 0 amide bonds. The van der Waals surface area contributed by atoms with E-state index >= 15 is 0 Å². The second kappa shape index (κ2) is 10.7. The highest BCUT2D eigenvalue weighted by Gasteiger charge is 2.49. The normalized spacial score (nSPS) is 28.1. The third-order valence-electron chi connectivity index (χ3n) is 6.83. The van der Waals surface area contributed by atoms with Gasteiger partial charge in [-0.2, -0.15) is 4.98 Å². The quantitative estimate of drug-likeness (QED) is 0.149. The summed E-state index contributed by atoms with van der Waals surface area (Å²) >= 11 is 0. The molecule has 0 saturated carbocycles. The SMILES string of the molecule is COC[C@H]1O[C@@H](n2cnc3c(=O)[nH]c(N)nc32)[C@H](OP(=O)(O)OC[C@@H]2CC[C@H](n3cnc4c(N)ncnc43)O2)[C@H]1O. The van der Waals surface area contributed by atoms with Gasteiger partial charge in [0.1, 0.15) is 36.4 Å². The van der Waals surface area contributed by atoms with Crippen molar-refractivity contribution >= 4 is 41.9 Å². The first kappa shape index (κ1) is 27.6. The Morgan fingerprint density at radius 1 is 1.10 bits per heavy atom. The molecule has 2 fully saturated rings. The number of ether oxygens (including phenoxy) is 3. The van der Waals surface area contributed by atoms with E-state index in [9.17, 15) is 19.4 Å². The van der Waals surface area contributed by atoms with Gasteiger partial charge in [-0.05, 0) is 12.8 Å². The fraction of sp³-hybridized carbons (Fsp3) is 0.524. The van der Waals surface area contributed by atoms with Crippen LogP contribution in [0.1, 0.15) is 25.3 Å². The van der Waals surface area contributed by atoms with E-state index in [0.717, 1.165) is 0 Å². The Kier molecular flexibility index (Phi) is 7.20. The van der Waals surface area contributed by atoms with Gasteiger partial charge in [-0.15, -0.1) is 0 Å². The fourth-order valence-corrected chi connectivity index (χ4v) is 5.90. The van der Waals surface area contributed by atoms with Crippen LogP contribution in [0, 0.1) is 0 Å². The molecule has 1 unspecified atom stereocenters. The van der Waals surface area contributed by atoms with Crippen LogP contribution < -0.4 is 17.0 Å². The molecule has 7 N–H and O–H groups in total. The number of hydrogen-bond acceptors (Lipinski definition) is 15. The molecule has 2 saturated heterocycles. The number of imidazole rings is 2. The van der Waals surface area contributed by atoms with Crippen molar-refractivity contribution < 1.29 is 37.8 Å². The highest BCUT2D eigenvalue weighted by Crippen LogP contribution is 2.50. The lowest BCUT2D eigenvalue weighted by atomic mass is 10.1. The van der Waals surface area contributed by atoms with Gasteiger partial charge in [0.2, 0.25) is 5.95 Å². The van der Waals surface area contributed by atoms with Crippen LogP contribution in [0.5, 0.6) is 0 Å². The number of rotatable bonds is 9. The Bertz CT molecular complexity index is 1680. The van der Waals surface area contributed by atoms with Crippen LogP contribution in [0.25, 0.3) is 22.3 Å². The van der Waals surface area contributed by atoms with Gasteiger partial charge < -0.3 is 35.7 Å². The first-order valence-corrected chi connectivity index (χ1v) is 13.9. The monoisotopic (exact) mass is 594 g/mol. The fourth-order valence-electron chi connectivity index (χ4n) is 4.94. The van der Waals surface area contributed by atoms with E-state index in [0.29, 0.717) is 24.0 Å². The van der Waals surface area contributed by atoms with Crippen molar-refractivity contribution in [3.8, 4) is 0 Å². The van der Waals surface area contributed by atoms with Crippen molar-refractivity contribution in [3.63, 3.8) is 0 Å². The molecule has 0 bridgehead atoms. The summed E-state index contributed by atoms with van der Waals surface area (Å²) in [5.74, 6) is 0.0585. The average molecular weight is 594 g/mol. The summed E-state index contributed by atoms with van der Waals surface area (Å²) in [4.78, 5) is 45.6. The minimum Gasteiger partial charge on any atom is -0.387 e. The van der Waals surface area contributed by atoms with E-state index in [1.165, 1.54) is 30.7 Å². The molecule has 0 spiro atoms. The van der Waals surface area contributed by atoms with Crippen LogP contribution in [0.4, 0.5) is 11.8 Å².